The Bertz CT molecular complexity index is 921. The number of ether oxygens (including phenoxy) is 1. The first kappa shape index (κ1) is 51.5. The molecule has 0 aliphatic heterocycles. The van der Waals surface area contributed by atoms with E-state index in [1.165, 1.54) is 135 Å². The number of carbonyl (C=O) groups is 3. The van der Waals surface area contributed by atoms with E-state index < -0.39 is 57.6 Å². The van der Waals surface area contributed by atoms with Gasteiger partial charge in [0, 0.05) is 12.8 Å². The summed E-state index contributed by atoms with van der Waals surface area (Å²) in [6.45, 7) is 2.55. The van der Waals surface area contributed by atoms with Crippen molar-refractivity contribution in [2.24, 2.45) is 0 Å². The number of phosphoric acid groups is 1. The molecule has 3 atom stereocenters. The molecule has 0 bridgehead atoms. The number of rotatable bonds is 41. The molecular formula is C41H80NO10P. The molecule has 314 valence electrons. The molecule has 1 amide bonds. The van der Waals surface area contributed by atoms with E-state index in [1.54, 1.807) is 0 Å². The zero-order valence-corrected chi connectivity index (χ0v) is 34.7. The smallest absolute Gasteiger partial charge is 0.472 e. The van der Waals surface area contributed by atoms with E-state index in [2.05, 4.69) is 19.2 Å². The van der Waals surface area contributed by atoms with Gasteiger partial charge in [0.2, 0.25) is 5.91 Å². The average molecular weight is 778 g/mol. The molecule has 0 aliphatic carbocycles. The van der Waals surface area contributed by atoms with Crippen molar-refractivity contribution < 1.29 is 47.8 Å². The molecule has 3 unspecified atom stereocenters. The Morgan fingerprint density at radius 1 is 0.528 bits per heavy atom. The summed E-state index contributed by atoms with van der Waals surface area (Å²) in [5.74, 6) is -2.36. The Balaban J connectivity index is 3.80. The summed E-state index contributed by atoms with van der Waals surface area (Å²) in [4.78, 5) is 45.7. The zero-order chi connectivity index (χ0) is 39.3. The fourth-order valence-electron chi connectivity index (χ4n) is 6.26. The number of carboxylic acid groups (broad SMARTS) is 1. The Kier molecular flexibility index (Phi) is 36.3. The van der Waals surface area contributed by atoms with Gasteiger partial charge in [0.25, 0.3) is 0 Å². The highest BCUT2D eigenvalue weighted by atomic mass is 31.2. The predicted octanol–water partition coefficient (Wildman–Crippen LogP) is 10.7. The molecule has 0 heterocycles. The minimum Gasteiger partial charge on any atom is -0.480 e. The molecule has 0 aromatic carbocycles. The summed E-state index contributed by atoms with van der Waals surface area (Å²) in [6.07, 6.45) is 34.5. The van der Waals surface area contributed by atoms with Gasteiger partial charge in [0.1, 0.15) is 12.7 Å². The van der Waals surface area contributed by atoms with Crippen molar-refractivity contribution in [3.8, 4) is 0 Å². The highest BCUT2D eigenvalue weighted by Crippen LogP contribution is 2.43. The van der Waals surface area contributed by atoms with Gasteiger partial charge in [0.15, 0.2) is 6.04 Å². The number of amides is 1. The van der Waals surface area contributed by atoms with Crippen LogP contribution in [-0.2, 0) is 32.7 Å². The molecule has 53 heavy (non-hydrogen) atoms. The normalized spacial score (nSPS) is 13.7. The first-order valence-electron chi connectivity index (χ1n) is 21.6. The van der Waals surface area contributed by atoms with Gasteiger partial charge < -0.3 is 25.2 Å². The second-order valence-electron chi connectivity index (χ2n) is 14.9. The Morgan fingerprint density at radius 3 is 1.25 bits per heavy atom. The van der Waals surface area contributed by atoms with Crippen LogP contribution < -0.4 is 5.32 Å². The fraction of sp³-hybridized carbons (Fsp3) is 0.927. The number of aliphatic carboxylic acids is 1. The van der Waals surface area contributed by atoms with Crippen LogP contribution in [-0.4, -0.2) is 64.9 Å². The average Bonchev–Trinajstić information content (AvgIpc) is 3.13. The quantitative estimate of drug-likeness (QED) is 0.0266. The number of hydrogen-bond acceptors (Lipinski definition) is 8. The van der Waals surface area contributed by atoms with E-state index >= 15 is 0 Å². The topological polar surface area (TPSA) is 169 Å². The van der Waals surface area contributed by atoms with E-state index in [0.29, 0.717) is 12.8 Å². The lowest BCUT2D eigenvalue weighted by Gasteiger charge is -2.18. The van der Waals surface area contributed by atoms with Gasteiger partial charge in [-0.05, 0) is 12.8 Å². The Labute approximate surface area is 323 Å². The second-order valence-corrected chi connectivity index (χ2v) is 16.4. The van der Waals surface area contributed by atoms with E-state index in [0.717, 1.165) is 38.5 Å². The number of phosphoric ester groups is 1. The largest absolute Gasteiger partial charge is 0.480 e. The zero-order valence-electron chi connectivity index (χ0n) is 33.8. The Morgan fingerprint density at radius 2 is 0.868 bits per heavy atom. The molecule has 0 rings (SSSR count). The van der Waals surface area contributed by atoms with E-state index in [9.17, 15) is 34.1 Å². The number of unbranched alkanes of at least 4 members (excludes halogenated alkanes) is 27. The van der Waals surface area contributed by atoms with Gasteiger partial charge in [-0.15, -0.1) is 0 Å². The van der Waals surface area contributed by atoms with Crippen LogP contribution in [0.2, 0.25) is 0 Å². The maximum Gasteiger partial charge on any atom is 0.472 e. The number of nitrogens with one attached hydrogen (secondary N) is 1. The summed E-state index contributed by atoms with van der Waals surface area (Å²) >= 11 is 0. The van der Waals surface area contributed by atoms with Crippen LogP contribution >= 0.6 is 7.82 Å². The molecule has 11 nitrogen and oxygen atoms in total. The lowest BCUT2D eigenvalue weighted by Crippen LogP contribution is -2.43. The maximum atomic E-state index is 12.3. The van der Waals surface area contributed by atoms with E-state index in [1.807, 2.05) is 0 Å². The number of hydrogen-bond donors (Lipinski definition) is 4. The molecule has 0 saturated carbocycles. The van der Waals surface area contributed by atoms with Crippen LogP contribution in [0.15, 0.2) is 0 Å². The van der Waals surface area contributed by atoms with Crippen LogP contribution in [0.3, 0.4) is 0 Å². The third-order valence-electron chi connectivity index (χ3n) is 9.65. The molecular weight excluding hydrogens is 697 g/mol. The SMILES string of the molecule is CCCCCCCCCCCCCCCCCCCCCCCCC(=O)NC(COP(=O)(O)OCC(O)COC(=O)CCCCCCCCC)C(=O)O. The number of esters is 1. The molecule has 12 heteroatoms. The number of carbonyl (C=O) groups excluding carboxylic acids is 2. The lowest BCUT2D eigenvalue weighted by atomic mass is 10.0. The molecule has 0 aromatic heterocycles. The molecule has 0 fully saturated rings. The highest BCUT2D eigenvalue weighted by molar-refractivity contribution is 7.47. The van der Waals surface area contributed by atoms with Crippen LogP contribution in [0.4, 0.5) is 0 Å². The van der Waals surface area contributed by atoms with Gasteiger partial charge in [-0.2, -0.15) is 0 Å². The molecule has 4 N–H and O–H groups in total. The van der Waals surface area contributed by atoms with Crippen molar-refractivity contribution in [2.45, 2.75) is 225 Å². The molecule has 0 saturated heterocycles. The predicted molar refractivity (Wildman–Crippen MR) is 213 cm³/mol. The number of aliphatic hydroxyl groups excluding tert-OH is 1. The monoisotopic (exact) mass is 778 g/mol. The minimum absolute atomic E-state index is 0.153. The van der Waals surface area contributed by atoms with Crippen molar-refractivity contribution in [2.75, 3.05) is 19.8 Å². The second kappa shape index (κ2) is 37.4. The minimum atomic E-state index is -4.74. The third-order valence-corrected chi connectivity index (χ3v) is 10.6. The van der Waals surface area contributed by atoms with Crippen LogP contribution in [0.25, 0.3) is 0 Å². The third kappa shape index (κ3) is 37.2. The van der Waals surface area contributed by atoms with Gasteiger partial charge in [0.05, 0.1) is 13.2 Å². The summed E-state index contributed by atoms with van der Waals surface area (Å²) < 4.78 is 26.7. The van der Waals surface area contributed by atoms with Gasteiger partial charge in [-0.25, -0.2) is 9.36 Å². The highest BCUT2D eigenvalue weighted by Gasteiger charge is 2.28. The standard InChI is InChI=1S/C41H80NO10P/c1-3-5-7-9-11-12-13-14-15-16-17-18-19-20-21-22-23-24-25-27-28-30-32-39(44)42-38(41(46)47)36-52-53(48,49)51-35-37(43)34-50-40(45)33-31-29-26-10-8-6-4-2/h37-38,43H,3-36H2,1-2H3,(H,42,44)(H,46,47)(H,48,49). The molecule has 0 spiro atoms. The van der Waals surface area contributed by atoms with Crippen molar-refractivity contribution >= 4 is 25.7 Å². The van der Waals surface area contributed by atoms with Gasteiger partial charge >= 0.3 is 19.8 Å². The summed E-state index contributed by atoms with van der Waals surface area (Å²) in [5.41, 5.74) is 0. The molecule has 0 radical (unpaired) electrons. The Hall–Kier alpha value is -1.52. The van der Waals surface area contributed by atoms with E-state index in [-0.39, 0.29) is 12.8 Å². The fourth-order valence-corrected chi connectivity index (χ4v) is 7.03. The number of carboxylic acids is 1. The lowest BCUT2D eigenvalue weighted by molar-refractivity contribution is -0.147. The molecule has 0 aromatic rings. The van der Waals surface area contributed by atoms with Crippen molar-refractivity contribution in [1.82, 2.24) is 5.32 Å². The van der Waals surface area contributed by atoms with Crippen LogP contribution in [0, 0.1) is 0 Å². The van der Waals surface area contributed by atoms with Crippen LogP contribution in [0.5, 0.6) is 0 Å². The summed E-state index contributed by atoms with van der Waals surface area (Å²) in [6, 6.07) is -1.54. The maximum absolute atomic E-state index is 12.3. The van der Waals surface area contributed by atoms with Gasteiger partial charge in [-0.1, -0.05) is 187 Å². The summed E-state index contributed by atoms with van der Waals surface area (Å²) in [7, 11) is -4.74. The molecule has 0 aliphatic rings. The number of aliphatic hydroxyl groups is 1. The first-order chi connectivity index (χ1) is 25.6. The van der Waals surface area contributed by atoms with Gasteiger partial charge in [-0.3, -0.25) is 18.6 Å². The van der Waals surface area contributed by atoms with Crippen molar-refractivity contribution in [1.29, 1.82) is 0 Å². The van der Waals surface area contributed by atoms with Crippen LogP contribution in [0.1, 0.15) is 213 Å². The van der Waals surface area contributed by atoms with Crippen molar-refractivity contribution in [3.05, 3.63) is 0 Å². The summed E-state index contributed by atoms with van der Waals surface area (Å²) in [5, 5.41) is 21.7. The first-order valence-corrected chi connectivity index (χ1v) is 23.1. The van der Waals surface area contributed by atoms with Crippen molar-refractivity contribution in [3.63, 3.8) is 0 Å². The van der Waals surface area contributed by atoms with E-state index in [4.69, 9.17) is 13.8 Å².